The van der Waals surface area contributed by atoms with Crippen LogP contribution in [0.4, 0.5) is 10.1 Å². The van der Waals surface area contributed by atoms with Crippen molar-refractivity contribution in [1.29, 1.82) is 0 Å². The molecule has 4 aromatic rings. The molecule has 0 saturated carbocycles. The maximum Gasteiger partial charge on any atom is 0.274 e. The highest BCUT2D eigenvalue weighted by atomic mass is 35.5. The van der Waals surface area contributed by atoms with Crippen LogP contribution >= 0.6 is 11.6 Å². The number of fused-ring (bicyclic) bond motifs is 1. The monoisotopic (exact) mass is 398 g/mol. The highest BCUT2D eigenvalue weighted by Crippen LogP contribution is 2.30. The summed E-state index contributed by atoms with van der Waals surface area (Å²) < 4.78 is 15.1. The summed E-state index contributed by atoms with van der Waals surface area (Å²) in [6, 6.07) is 11.5. The number of aromatic nitrogens is 3. The van der Waals surface area contributed by atoms with Crippen molar-refractivity contribution in [2.75, 3.05) is 0 Å². The van der Waals surface area contributed by atoms with Crippen LogP contribution in [0.15, 0.2) is 53.3 Å². The molecule has 0 atom stereocenters. The van der Waals surface area contributed by atoms with Gasteiger partial charge in [-0.25, -0.2) is 4.39 Å². The normalized spacial score (nSPS) is 11.1. The Bertz CT molecular complexity index is 1300. The molecule has 0 fully saturated rings. The smallest absolute Gasteiger partial charge is 0.274 e. The topological polar surface area (TPSA) is 93.3 Å². The van der Waals surface area contributed by atoms with E-state index in [9.17, 15) is 19.3 Å². The third-order valence-electron chi connectivity index (χ3n) is 4.39. The lowest BCUT2D eigenvalue weighted by molar-refractivity contribution is -0.384. The maximum absolute atomic E-state index is 13.9. The average molecular weight is 399 g/mol. The van der Waals surface area contributed by atoms with Crippen molar-refractivity contribution in [3.63, 3.8) is 0 Å². The first-order valence-corrected chi connectivity index (χ1v) is 8.56. The molecule has 0 saturated heterocycles. The molecular formula is C19H12ClFN4O3. The van der Waals surface area contributed by atoms with Crippen LogP contribution in [0.2, 0.25) is 5.02 Å². The van der Waals surface area contributed by atoms with E-state index in [0.29, 0.717) is 33.7 Å². The lowest BCUT2D eigenvalue weighted by atomic mass is 10.1. The van der Waals surface area contributed by atoms with E-state index in [-0.39, 0.29) is 16.3 Å². The van der Waals surface area contributed by atoms with E-state index in [0.717, 1.165) is 0 Å². The molecule has 2 aromatic heterocycles. The Morgan fingerprint density at radius 3 is 2.46 bits per heavy atom. The summed E-state index contributed by atoms with van der Waals surface area (Å²) in [6.45, 7) is 1.72. The van der Waals surface area contributed by atoms with Crippen molar-refractivity contribution in [3.05, 3.63) is 85.5 Å². The second-order valence-corrected chi connectivity index (χ2v) is 6.58. The average Bonchev–Trinajstić information content (AvgIpc) is 3.00. The van der Waals surface area contributed by atoms with Gasteiger partial charge in [-0.2, -0.15) is 9.61 Å². The predicted octanol–water partition coefficient (Wildman–Crippen LogP) is 4.37. The van der Waals surface area contributed by atoms with Crippen LogP contribution in [0.25, 0.3) is 28.0 Å². The first kappa shape index (κ1) is 17.9. The molecule has 0 amide bonds. The Morgan fingerprint density at radius 1 is 1.14 bits per heavy atom. The van der Waals surface area contributed by atoms with Crippen molar-refractivity contribution in [3.8, 4) is 22.4 Å². The van der Waals surface area contributed by atoms with Crippen LogP contribution < -0.4 is 5.56 Å². The van der Waals surface area contributed by atoms with Gasteiger partial charge in [0, 0.05) is 23.8 Å². The lowest BCUT2D eigenvalue weighted by Crippen LogP contribution is -2.14. The Morgan fingerprint density at radius 2 is 1.82 bits per heavy atom. The van der Waals surface area contributed by atoms with Gasteiger partial charge in [-0.3, -0.25) is 14.9 Å². The Hall–Kier alpha value is -3.52. The number of rotatable bonds is 3. The molecule has 140 valence electrons. The molecular weight excluding hydrogens is 387 g/mol. The van der Waals surface area contributed by atoms with Crippen LogP contribution in [0, 0.1) is 22.9 Å². The zero-order valence-corrected chi connectivity index (χ0v) is 15.2. The number of aromatic amines is 1. The summed E-state index contributed by atoms with van der Waals surface area (Å²) in [5.41, 5.74) is 2.63. The molecule has 0 radical (unpaired) electrons. The van der Waals surface area contributed by atoms with Gasteiger partial charge in [-0.05, 0) is 42.3 Å². The number of H-pyrrole nitrogens is 1. The fourth-order valence-electron chi connectivity index (χ4n) is 3.07. The third kappa shape index (κ3) is 2.93. The number of aryl methyl sites for hydroxylation is 1. The van der Waals surface area contributed by atoms with Gasteiger partial charge >= 0.3 is 0 Å². The van der Waals surface area contributed by atoms with E-state index < -0.39 is 10.7 Å². The van der Waals surface area contributed by atoms with Crippen molar-refractivity contribution in [2.45, 2.75) is 6.92 Å². The molecule has 0 aliphatic rings. The van der Waals surface area contributed by atoms with Gasteiger partial charge in [-0.15, -0.1) is 0 Å². The van der Waals surface area contributed by atoms with Crippen LogP contribution in [-0.2, 0) is 0 Å². The molecule has 0 aliphatic heterocycles. The van der Waals surface area contributed by atoms with E-state index in [1.165, 1.54) is 34.8 Å². The number of nitro benzene ring substituents is 1. The lowest BCUT2D eigenvalue weighted by Gasteiger charge is -2.06. The van der Waals surface area contributed by atoms with Crippen molar-refractivity contribution in [1.82, 2.24) is 14.6 Å². The molecule has 7 nitrogen and oxygen atoms in total. The summed E-state index contributed by atoms with van der Waals surface area (Å²) in [5.74, 6) is -0.577. The number of halogens is 2. The molecule has 1 N–H and O–H groups in total. The molecule has 28 heavy (non-hydrogen) atoms. The summed E-state index contributed by atoms with van der Waals surface area (Å²) in [6.07, 6.45) is 0. The van der Waals surface area contributed by atoms with Crippen molar-refractivity contribution in [2.24, 2.45) is 0 Å². The molecule has 0 spiro atoms. The van der Waals surface area contributed by atoms with Gasteiger partial charge in [0.15, 0.2) is 0 Å². The first-order chi connectivity index (χ1) is 13.3. The number of non-ortho nitro benzene ring substituents is 1. The molecule has 9 heteroatoms. The minimum atomic E-state index is -0.577. The largest absolute Gasteiger partial charge is 0.339 e. The summed E-state index contributed by atoms with van der Waals surface area (Å²) in [5, 5.41) is 15.1. The second-order valence-electron chi connectivity index (χ2n) is 6.17. The molecule has 4 rings (SSSR count). The fraction of sp³-hybridized carbons (Fsp3) is 0.0526. The van der Waals surface area contributed by atoms with Crippen LogP contribution in [-0.4, -0.2) is 19.5 Å². The van der Waals surface area contributed by atoms with Gasteiger partial charge in [-0.1, -0.05) is 17.7 Å². The van der Waals surface area contributed by atoms with Gasteiger partial charge in [0.25, 0.3) is 11.2 Å². The molecule has 0 unspecified atom stereocenters. The Kier molecular flexibility index (Phi) is 4.20. The minimum Gasteiger partial charge on any atom is -0.339 e. The zero-order valence-electron chi connectivity index (χ0n) is 14.4. The Labute approximate surface area is 162 Å². The Balaban J connectivity index is 1.93. The highest BCUT2D eigenvalue weighted by molar-refractivity contribution is 6.30. The summed E-state index contributed by atoms with van der Waals surface area (Å²) >= 11 is 5.76. The zero-order chi connectivity index (χ0) is 20.0. The van der Waals surface area contributed by atoms with Crippen molar-refractivity contribution >= 4 is 22.9 Å². The maximum atomic E-state index is 13.9. The molecule has 0 bridgehead atoms. The number of hydrogen-bond donors (Lipinski definition) is 1. The van der Waals surface area contributed by atoms with Crippen LogP contribution in [0.3, 0.4) is 0 Å². The number of benzene rings is 2. The van der Waals surface area contributed by atoms with E-state index in [1.54, 1.807) is 25.1 Å². The molecule has 2 aromatic carbocycles. The van der Waals surface area contributed by atoms with Gasteiger partial charge in [0.05, 0.1) is 21.3 Å². The number of nitrogens with one attached hydrogen (secondary N) is 1. The standard InChI is InChI=1S/C19H12ClFN4O3/c1-10-18(12-4-7-14(20)15(21)8-12)19-22-16(9-17(26)24(19)23-10)11-2-5-13(6-3-11)25(27)28/h2-9,22H,1H3. The van der Waals surface area contributed by atoms with Crippen LogP contribution in [0.5, 0.6) is 0 Å². The van der Waals surface area contributed by atoms with E-state index in [1.807, 2.05) is 0 Å². The number of nitrogens with zero attached hydrogens (tertiary/aromatic N) is 3. The summed E-state index contributed by atoms with van der Waals surface area (Å²) in [4.78, 5) is 26.0. The van der Waals surface area contributed by atoms with Crippen LogP contribution in [0.1, 0.15) is 5.69 Å². The quantitative estimate of drug-likeness (QED) is 0.409. The van der Waals surface area contributed by atoms with Gasteiger partial charge < -0.3 is 4.98 Å². The van der Waals surface area contributed by atoms with Gasteiger partial charge in [0.1, 0.15) is 11.5 Å². The first-order valence-electron chi connectivity index (χ1n) is 8.18. The van der Waals surface area contributed by atoms with E-state index in [2.05, 4.69) is 10.1 Å². The third-order valence-corrected chi connectivity index (χ3v) is 4.69. The van der Waals surface area contributed by atoms with Gasteiger partial charge in [0.2, 0.25) is 0 Å². The molecule has 2 heterocycles. The summed E-state index contributed by atoms with van der Waals surface area (Å²) in [7, 11) is 0. The van der Waals surface area contributed by atoms with E-state index in [4.69, 9.17) is 11.6 Å². The SMILES string of the molecule is Cc1nn2c(=O)cc(-c3ccc([N+](=O)[O-])cc3)[nH]c2c1-c1ccc(Cl)c(F)c1. The highest BCUT2D eigenvalue weighted by Gasteiger charge is 2.17. The second kappa shape index (κ2) is 6.58. The predicted molar refractivity (Wildman–Crippen MR) is 103 cm³/mol. The number of nitro groups is 1. The minimum absolute atomic E-state index is 0.00191. The van der Waals surface area contributed by atoms with E-state index >= 15 is 0 Å². The fourth-order valence-corrected chi connectivity index (χ4v) is 3.18. The van der Waals surface area contributed by atoms with Crippen molar-refractivity contribution < 1.29 is 9.31 Å². The molecule has 0 aliphatic carbocycles. The number of hydrogen-bond acceptors (Lipinski definition) is 4.